The van der Waals surface area contributed by atoms with Gasteiger partial charge in [-0.1, -0.05) is 6.07 Å². The van der Waals surface area contributed by atoms with E-state index < -0.39 is 0 Å². The molecule has 2 N–H and O–H groups in total. The summed E-state index contributed by atoms with van der Waals surface area (Å²) >= 11 is 3.81. The van der Waals surface area contributed by atoms with Gasteiger partial charge in [0.1, 0.15) is 0 Å². The highest BCUT2D eigenvalue weighted by Gasteiger charge is 2.36. The van der Waals surface area contributed by atoms with Crippen LogP contribution in [0.3, 0.4) is 0 Å². The van der Waals surface area contributed by atoms with E-state index in [1.807, 2.05) is 11.8 Å². The molecule has 0 saturated carbocycles. The normalized spacial score (nSPS) is 30.6. The van der Waals surface area contributed by atoms with Crippen LogP contribution in [0.2, 0.25) is 0 Å². The summed E-state index contributed by atoms with van der Waals surface area (Å²) in [5.74, 6) is 1.27. The lowest BCUT2D eigenvalue weighted by Gasteiger charge is -2.29. The van der Waals surface area contributed by atoms with Crippen LogP contribution in [0.4, 0.5) is 0 Å². The van der Waals surface area contributed by atoms with Crippen LogP contribution in [-0.2, 0) is 0 Å². The number of thioether (sulfide) groups is 1. The van der Waals surface area contributed by atoms with Gasteiger partial charge < -0.3 is 5.73 Å². The Labute approximate surface area is 87.7 Å². The zero-order chi connectivity index (χ0) is 9.31. The molecule has 1 fully saturated rings. The fraction of sp³-hybridized carbons (Fsp3) is 0.600. The van der Waals surface area contributed by atoms with E-state index in [-0.39, 0.29) is 10.8 Å². The Hall–Kier alpha value is 0.01000. The van der Waals surface area contributed by atoms with Crippen LogP contribution in [0, 0.1) is 0 Å². The van der Waals surface area contributed by atoms with Crippen LogP contribution >= 0.6 is 23.1 Å². The van der Waals surface area contributed by atoms with E-state index in [1.54, 1.807) is 11.3 Å². The zero-order valence-corrected chi connectivity index (χ0v) is 9.46. The summed E-state index contributed by atoms with van der Waals surface area (Å²) in [5.41, 5.74) is 6.27. The number of rotatable bonds is 2. The quantitative estimate of drug-likeness (QED) is 0.817. The van der Waals surface area contributed by atoms with Gasteiger partial charge in [-0.3, -0.25) is 0 Å². The zero-order valence-electron chi connectivity index (χ0n) is 7.82. The highest BCUT2D eigenvalue weighted by atomic mass is 32.2. The van der Waals surface area contributed by atoms with Crippen LogP contribution in [-0.4, -0.2) is 10.5 Å². The maximum Gasteiger partial charge on any atom is 0.0536 e. The van der Waals surface area contributed by atoms with Gasteiger partial charge in [-0.25, -0.2) is 0 Å². The summed E-state index contributed by atoms with van der Waals surface area (Å²) in [6.07, 6.45) is 2.58. The van der Waals surface area contributed by atoms with Crippen LogP contribution in [0.15, 0.2) is 17.5 Å². The first-order valence-electron chi connectivity index (χ1n) is 4.65. The van der Waals surface area contributed by atoms with Gasteiger partial charge in [-0.15, -0.1) is 11.3 Å². The third-order valence-electron chi connectivity index (χ3n) is 2.76. The van der Waals surface area contributed by atoms with Crippen molar-refractivity contribution in [2.24, 2.45) is 5.73 Å². The molecule has 2 unspecified atom stereocenters. The van der Waals surface area contributed by atoms with Crippen molar-refractivity contribution in [1.82, 2.24) is 0 Å². The summed E-state index contributed by atoms with van der Waals surface area (Å²) in [5, 5.41) is 2.11. The molecule has 1 aromatic rings. The van der Waals surface area contributed by atoms with Gasteiger partial charge in [-0.2, -0.15) is 11.8 Å². The van der Waals surface area contributed by atoms with E-state index in [9.17, 15) is 0 Å². The molecule has 13 heavy (non-hydrogen) atoms. The molecule has 0 amide bonds. The molecule has 3 heteroatoms. The fourth-order valence-electron chi connectivity index (χ4n) is 1.82. The number of hydrogen-bond donors (Lipinski definition) is 1. The highest BCUT2D eigenvalue weighted by molar-refractivity contribution is 8.00. The minimum absolute atomic E-state index is 0.222. The van der Waals surface area contributed by atoms with Crippen LogP contribution in [0.5, 0.6) is 0 Å². The maximum absolute atomic E-state index is 6.27. The molecule has 1 saturated heterocycles. The van der Waals surface area contributed by atoms with Gasteiger partial charge in [-0.05, 0) is 37.0 Å². The summed E-state index contributed by atoms with van der Waals surface area (Å²) in [4.78, 5) is 1.33. The van der Waals surface area contributed by atoms with Crippen molar-refractivity contribution in [3.63, 3.8) is 0 Å². The Morgan fingerprint density at radius 3 is 3.00 bits per heavy atom. The average Bonchev–Trinajstić information content (AvgIpc) is 2.73. The maximum atomic E-state index is 6.27. The molecule has 0 aromatic carbocycles. The molecule has 0 bridgehead atoms. The lowest BCUT2D eigenvalue weighted by Crippen LogP contribution is -2.32. The summed E-state index contributed by atoms with van der Waals surface area (Å²) < 4.78 is 0.283. The first kappa shape index (κ1) is 9.56. The van der Waals surface area contributed by atoms with Crippen molar-refractivity contribution in [3.8, 4) is 0 Å². The minimum atomic E-state index is 0.222. The Kier molecular flexibility index (Phi) is 2.67. The highest BCUT2D eigenvalue weighted by Crippen LogP contribution is 2.46. The second-order valence-electron chi connectivity index (χ2n) is 3.76. The van der Waals surface area contributed by atoms with Crippen molar-refractivity contribution in [2.45, 2.75) is 30.6 Å². The van der Waals surface area contributed by atoms with Crippen LogP contribution in [0.25, 0.3) is 0 Å². The molecular formula is C10H15NS2. The van der Waals surface area contributed by atoms with Crippen molar-refractivity contribution in [2.75, 3.05) is 5.75 Å². The standard InChI is InChI=1S/C10H15NS2/c1-10(5-3-7-13-10)9(11)8-4-2-6-12-8/h2,4,6,9H,3,5,7,11H2,1H3. The molecule has 0 aliphatic carbocycles. The summed E-state index contributed by atoms with van der Waals surface area (Å²) in [6, 6.07) is 4.46. The Morgan fingerprint density at radius 2 is 2.46 bits per heavy atom. The smallest absolute Gasteiger partial charge is 0.0536 e. The van der Waals surface area contributed by atoms with Gasteiger partial charge in [0.2, 0.25) is 0 Å². The Bertz CT molecular complexity index is 262. The van der Waals surface area contributed by atoms with Crippen molar-refractivity contribution in [1.29, 1.82) is 0 Å². The molecule has 2 atom stereocenters. The third-order valence-corrected chi connectivity index (χ3v) is 5.32. The van der Waals surface area contributed by atoms with Crippen LogP contribution in [0.1, 0.15) is 30.7 Å². The van der Waals surface area contributed by atoms with Crippen molar-refractivity contribution in [3.05, 3.63) is 22.4 Å². The SMILES string of the molecule is CC1(C(N)c2cccs2)CCCS1. The third kappa shape index (κ3) is 1.78. The fourth-order valence-corrected chi connectivity index (χ4v) is 4.12. The predicted octanol–water partition coefficient (Wildman–Crippen LogP) is 3.03. The summed E-state index contributed by atoms with van der Waals surface area (Å²) in [6.45, 7) is 2.30. The molecular weight excluding hydrogens is 198 g/mol. The van der Waals surface area contributed by atoms with Gasteiger partial charge in [0, 0.05) is 9.62 Å². The Balaban J connectivity index is 2.16. The van der Waals surface area contributed by atoms with E-state index in [0.29, 0.717) is 0 Å². The molecule has 2 rings (SSSR count). The van der Waals surface area contributed by atoms with E-state index in [2.05, 4.69) is 24.4 Å². The van der Waals surface area contributed by atoms with Gasteiger partial charge >= 0.3 is 0 Å². The number of nitrogens with two attached hydrogens (primary N) is 1. The number of hydrogen-bond acceptors (Lipinski definition) is 3. The molecule has 0 spiro atoms. The van der Waals surface area contributed by atoms with E-state index in [1.165, 1.54) is 23.5 Å². The largest absolute Gasteiger partial charge is 0.322 e. The monoisotopic (exact) mass is 213 g/mol. The second kappa shape index (κ2) is 3.64. The first-order chi connectivity index (χ1) is 6.22. The number of thiophene rings is 1. The molecule has 1 nitrogen and oxygen atoms in total. The van der Waals surface area contributed by atoms with E-state index >= 15 is 0 Å². The first-order valence-corrected chi connectivity index (χ1v) is 6.52. The molecule has 1 aromatic heterocycles. The average molecular weight is 213 g/mol. The van der Waals surface area contributed by atoms with Crippen molar-refractivity contribution >= 4 is 23.1 Å². The molecule has 72 valence electrons. The minimum Gasteiger partial charge on any atom is -0.322 e. The van der Waals surface area contributed by atoms with Gasteiger partial charge in [0.05, 0.1) is 6.04 Å². The van der Waals surface area contributed by atoms with Gasteiger partial charge in [0.15, 0.2) is 0 Å². The lowest BCUT2D eigenvalue weighted by molar-refractivity contribution is 0.508. The molecule has 1 aliphatic heterocycles. The second-order valence-corrected chi connectivity index (χ2v) is 6.37. The van der Waals surface area contributed by atoms with Crippen molar-refractivity contribution < 1.29 is 0 Å². The van der Waals surface area contributed by atoms with Gasteiger partial charge in [0.25, 0.3) is 0 Å². The lowest BCUT2D eigenvalue weighted by atomic mass is 9.96. The summed E-state index contributed by atoms with van der Waals surface area (Å²) in [7, 11) is 0. The van der Waals surface area contributed by atoms with Crippen LogP contribution < -0.4 is 5.73 Å². The molecule has 1 aliphatic rings. The Morgan fingerprint density at radius 1 is 1.62 bits per heavy atom. The van der Waals surface area contributed by atoms with E-state index in [4.69, 9.17) is 5.73 Å². The molecule has 2 heterocycles. The van der Waals surface area contributed by atoms with E-state index in [0.717, 1.165) is 0 Å². The predicted molar refractivity (Wildman–Crippen MR) is 61.3 cm³/mol. The molecule has 0 radical (unpaired) electrons. The topological polar surface area (TPSA) is 26.0 Å².